The van der Waals surface area contributed by atoms with Crippen molar-refractivity contribution in [3.05, 3.63) is 77.1 Å². The molecule has 162 valence electrons. The van der Waals surface area contributed by atoms with Crippen molar-refractivity contribution in [3.63, 3.8) is 0 Å². The first-order chi connectivity index (χ1) is 15.3. The molecule has 0 unspecified atom stereocenters. The van der Waals surface area contributed by atoms with Crippen LogP contribution in [0.2, 0.25) is 19.6 Å². The van der Waals surface area contributed by atoms with E-state index in [9.17, 15) is 4.79 Å². The van der Waals surface area contributed by atoms with E-state index in [0.29, 0.717) is 11.4 Å². The van der Waals surface area contributed by atoms with Gasteiger partial charge in [0, 0.05) is 17.3 Å². The van der Waals surface area contributed by atoms with Crippen LogP contribution in [0.1, 0.15) is 52.9 Å². The van der Waals surface area contributed by atoms with Crippen LogP contribution in [0.4, 0.5) is 0 Å². The van der Waals surface area contributed by atoms with Gasteiger partial charge in [0.05, 0.1) is 35.4 Å². The average molecular weight is 443 g/mol. The molecule has 7 heteroatoms. The highest BCUT2D eigenvalue weighted by Gasteiger charge is 2.29. The normalized spacial score (nSPS) is 14.9. The Balaban J connectivity index is 1.95. The second-order valence-corrected chi connectivity index (χ2v) is 13.4. The van der Waals surface area contributed by atoms with Crippen LogP contribution < -0.4 is 0 Å². The second-order valence-electron chi connectivity index (χ2n) is 8.67. The standard InChI is InChI=1S/C25H26N4O2Si/c1-6-31-25(30)23-24-17(2)28-22(20-9-7-8-13-26-20)19-15-18(12-14-32(3,4)5)10-11-21(19)29(24)16-27-23/h7-11,13,15-17H,6H2,1-5H3/t17-/m1/s1. The van der Waals surface area contributed by atoms with Crippen molar-refractivity contribution in [1.29, 1.82) is 0 Å². The maximum Gasteiger partial charge on any atom is 0.358 e. The topological polar surface area (TPSA) is 69.4 Å². The zero-order valence-corrected chi connectivity index (χ0v) is 20.0. The number of carbonyl (C=O) groups is 1. The molecule has 1 aliphatic rings. The van der Waals surface area contributed by atoms with Crippen LogP contribution >= 0.6 is 0 Å². The molecule has 0 fully saturated rings. The quantitative estimate of drug-likeness (QED) is 0.338. The molecule has 1 atom stereocenters. The minimum absolute atomic E-state index is 0.289. The number of nitrogens with zero attached hydrogens (tertiary/aromatic N) is 4. The summed E-state index contributed by atoms with van der Waals surface area (Å²) in [7, 11) is -1.52. The number of hydrogen-bond acceptors (Lipinski definition) is 5. The molecule has 0 saturated heterocycles. The second kappa shape index (κ2) is 8.56. The fraction of sp³-hybridized carbons (Fsp3) is 0.280. The monoisotopic (exact) mass is 442 g/mol. The van der Waals surface area contributed by atoms with E-state index in [1.165, 1.54) is 0 Å². The molecule has 6 nitrogen and oxygen atoms in total. The van der Waals surface area contributed by atoms with Gasteiger partial charge in [0.25, 0.3) is 0 Å². The van der Waals surface area contributed by atoms with Crippen molar-refractivity contribution < 1.29 is 9.53 Å². The number of pyridine rings is 1. The van der Waals surface area contributed by atoms with Crippen LogP contribution in [0.15, 0.2) is 53.9 Å². The van der Waals surface area contributed by atoms with E-state index in [1.54, 1.807) is 19.4 Å². The first-order valence-corrected chi connectivity index (χ1v) is 14.2. The first-order valence-electron chi connectivity index (χ1n) is 10.7. The molecule has 0 radical (unpaired) electrons. The van der Waals surface area contributed by atoms with Gasteiger partial charge in [-0.3, -0.25) is 14.5 Å². The van der Waals surface area contributed by atoms with Gasteiger partial charge in [-0.15, -0.1) is 5.54 Å². The maximum atomic E-state index is 12.6. The predicted molar refractivity (Wildman–Crippen MR) is 128 cm³/mol. The molecule has 4 rings (SSSR count). The molecular weight excluding hydrogens is 416 g/mol. The maximum absolute atomic E-state index is 12.6. The van der Waals surface area contributed by atoms with E-state index in [2.05, 4.69) is 47.1 Å². The number of benzene rings is 1. The predicted octanol–water partition coefficient (Wildman–Crippen LogP) is 4.58. The van der Waals surface area contributed by atoms with Gasteiger partial charge < -0.3 is 4.74 Å². The highest BCUT2D eigenvalue weighted by atomic mass is 28.3. The van der Waals surface area contributed by atoms with Gasteiger partial charge in [-0.05, 0) is 44.2 Å². The van der Waals surface area contributed by atoms with Crippen LogP contribution in [-0.4, -0.2) is 40.9 Å². The fourth-order valence-electron chi connectivity index (χ4n) is 3.61. The molecule has 0 amide bonds. The van der Waals surface area contributed by atoms with E-state index < -0.39 is 14.0 Å². The molecule has 0 saturated carbocycles. The summed E-state index contributed by atoms with van der Waals surface area (Å²) in [6.45, 7) is 10.7. The summed E-state index contributed by atoms with van der Waals surface area (Å²) in [6.07, 6.45) is 3.43. The lowest BCUT2D eigenvalue weighted by molar-refractivity contribution is 0.0518. The number of esters is 1. The minimum Gasteiger partial charge on any atom is -0.461 e. The third-order valence-electron chi connectivity index (χ3n) is 4.99. The van der Waals surface area contributed by atoms with Gasteiger partial charge in [0.2, 0.25) is 0 Å². The Morgan fingerprint density at radius 1 is 1.19 bits per heavy atom. The summed E-state index contributed by atoms with van der Waals surface area (Å²) in [6, 6.07) is 11.5. The van der Waals surface area contributed by atoms with Crippen molar-refractivity contribution in [2.75, 3.05) is 6.61 Å². The van der Waals surface area contributed by atoms with E-state index in [4.69, 9.17) is 9.73 Å². The van der Waals surface area contributed by atoms with Crippen LogP contribution in [0.5, 0.6) is 0 Å². The van der Waals surface area contributed by atoms with Crippen molar-refractivity contribution >= 4 is 19.8 Å². The number of aliphatic imine (C=N–C) groups is 1. The molecule has 0 N–H and O–H groups in total. The fourth-order valence-corrected chi connectivity index (χ4v) is 4.13. The van der Waals surface area contributed by atoms with E-state index in [1.807, 2.05) is 41.8 Å². The number of rotatable bonds is 3. The number of hydrogen-bond donors (Lipinski definition) is 0. The molecule has 32 heavy (non-hydrogen) atoms. The molecule has 3 heterocycles. The number of carbonyl (C=O) groups excluding carboxylic acids is 1. The van der Waals surface area contributed by atoms with E-state index >= 15 is 0 Å². The summed E-state index contributed by atoms with van der Waals surface area (Å²) in [5.74, 6) is 2.90. The number of fused-ring (bicyclic) bond motifs is 3. The lowest BCUT2D eigenvalue weighted by Crippen LogP contribution is -2.16. The molecule has 0 aliphatic carbocycles. The number of imidazole rings is 1. The van der Waals surface area contributed by atoms with Crippen LogP contribution in [-0.2, 0) is 4.74 Å². The third kappa shape index (κ3) is 4.27. The van der Waals surface area contributed by atoms with Crippen LogP contribution in [0, 0.1) is 11.5 Å². The van der Waals surface area contributed by atoms with Crippen molar-refractivity contribution in [2.45, 2.75) is 39.5 Å². The van der Waals surface area contributed by atoms with Gasteiger partial charge in [-0.2, -0.15) is 0 Å². The van der Waals surface area contributed by atoms with Crippen molar-refractivity contribution in [2.24, 2.45) is 4.99 Å². The summed E-state index contributed by atoms with van der Waals surface area (Å²) in [5.41, 5.74) is 8.68. The lowest BCUT2D eigenvalue weighted by atomic mass is 10.0. The molecule has 0 bridgehead atoms. The Bertz CT molecular complexity index is 1260. The Hall–Kier alpha value is -3.50. The van der Waals surface area contributed by atoms with Crippen molar-refractivity contribution in [3.8, 4) is 17.2 Å². The molecular formula is C25H26N4O2Si. The molecule has 2 aromatic heterocycles. The Morgan fingerprint density at radius 2 is 2.00 bits per heavy atom. The first kappa shape index (κ1) is 21.7. The Morgan fingerprint density at radius 3 is 2.69 bits per heavy atom. The van der Waals surface area contributed by atoms with E-state index in [0.717, 1.165) is 28.2 Å². The number of aromatic nitrogens is 3. The summed E-state index contributed by atoms with van der Waals surface area (Å²) < 4.78 is 7.17. The Labute approximate surface area is 189 Å². The smallest absolute Gasteiger partial charge is 0.358 e. The third-order valence-corrected chi connectivity index (χ3v) is 5.87. The molecule has 0 spiro atoms. The largest absolute Gasteiger partial charge is 0.461 e. The molecule has 3 aromatic rings. The van der Waals surface area contributed by atoms with Gasteiger partial charge in [0.1, 0.15) is 14.4 Å². The highest BCUT2D eigenvalue weighted by Crippen LogP contribution is 2.32. The number of ether oxygens (including phenoxy) is 1. The van der Waals surface area contributed by atoms with Crippen molar-refractivity contribution in [1.82, 2.24) is 14.5 Å². The van der Waals surface area contributed by atoms with Crippen LogP contribution in [0.25, 0.3) is 5.69 Å². The summed E-state index contributed by atoms with van der Waals surface area (Å²) in [4.78, 5) is 26.5. The zero-order chi connectivity index (χ0) is 22.9. The van der Waals surface area contributed by atoms with E-state index in [-0.39, 0.29) is 12.6 Å². The van der Waals surface area contributed by atoms with Gasteiger partial charge in [0.15, 0.2) is 5.69 Å². The van der Waals surface area contributed by atoms with Gasteiger partial charge >= 0.3 is 5.97 Å². The minimum atomic E-state index is -1.52. The summed E-state index contributed by atoms with van der Waals surface area (Å²) in [5, 5.41) is 0. The van der Waals surface area contributed by atoms with Crippen LogP contribution in [0.3, 0.4) is 0 Å². The molecule has 1 aliphatic heterocycles. The Kier molecular flexibility index (Phi) is 5.81. The SMILES string of the molecule is CCOC(=O)c1ncn2c1[C@@H](C)N=C(c1ccccn1)c1cc(C#C[Si](C)(C)C)ccc1-2. The molecule has 1 aromatic carbocycles. The lowest BCUT2D eigenvalue weighted by Gasteiger charge is -2.12. The zero-order valence-electron chi connectivity index (χ0n) is 19.0. The highest BCUT2D eigenvalue weighted by molar-refractivity contribution is 6.83. The van der Waals surface area contributed by atoms with Gasteiger partial charge in [-0.1, -0.05) is 31.6 Å². The average Bonchev–Trinajstić information content (AvgIpc) is 3.17. The van der Waals surface area contributed by atoms with Gasteiger partial charge in [-0.25, -0.2) is 9.78 Å². The summed E-state index contributed by atoms with van der Waals surface area (Å²) >= 11 is 0.